The molecule has 0 radical (unpaired) electrons. The Morgan fingerprint density at radius 2 is 1.88 bits per heavy atom. The molecule has 0 bridgehead atoms. The zero-order chi connectivity index (χ0) is 13.1. The molecule has 0 amide bonds. The summed E-state index contributed by atoms with van der Waals surface area (Å²) in [6.45, 7) is 7.12. The summed E-state index contributed by atoms with van der Waals surface area (Å²) in [6.07, 6.45) is 1.43. The van der Waals surface area contributed by atoms with Gasteiger partial charge in [-0.15, -0.1) is 0 Å². The van der Waals surface area contributed by atoms with E-state index >= 15 is 0 Å². The van der Waals surface area contributed by atoms with E-state index in [1.165, 1.54) is 6.20 Å². The molecule has 1 aliphatic rings. The van der Waals surface area contributed by atoms with Gasteiger partial charge in [-0.3, -0.25) is 0 Å². The topological polar surface area (TPSA) is 70.4 Å². The summed E-state index contributed by atoms with van der Waals surface area (Å²) in [4.78, 5) is 1.64. The summed E-state index contributed by atoms with van der Waals surface area (Å²) in [7, 11) is -3.57. The highest BCUT2D eigenvalue weighted by molar-refractivity contribution is 7.96. The van der Waals surface area contributed by atoms with Crippen LogP contribution in [0.4, 0.5) is 0 Å². The van der Waals surface area contributed by atoms with E-state index < -0.39 is 14.6 Å². The third-order valence-electron chi connectivity index (χ3n) is 2.55. The van der Waals surface area contributed by atoms with Gasteiger partial charge in [-0.25, -0.2) is 8.42 Å². The van der Waals surface area contributed by atoms with Crippen molar-refractivity contribution in [3.63, 3.8) is 0 Å². The van der Waals surface area contributed by atoms with Crippen LogP contribution in [0.25, 0.3) is 0 Å². The number of allylic oxidation sites excluding steroid dienone is 1. The largest absolute Gasteiger partial charge is 0.378 e. The molecule has 0 aromatic heterocycles. The molecule has 0 atom stereocenters. The normalized spacial score (nSPS) is 18.9. The molecular formula is C11H18N2O3S. The highest BCUT2D eigenvalue weighted by Gasteiger charge is 2.33. The highest BCUT2D eigenvalue weighted by atomic mass is 32.2. The average Bonchev–Trinajstić information content (AvgIpc) is 2.25. The van der Waals surface area contributed by atoms with Crippen molar-refractivity contribution < 1.29 is 13.2 Å². The predicted molar refractivity (Wildman–Crippen MR) is 64.8 cm³/mol. The van der Waals surface area contributed by atoms with Crippen molar-refractivity contribution in [3.8, 4) is 6.07 Å². The first-order valence-corrected chi connectivity index (χ1v) is 6.96. The Morgan fingerprint density at radius 1 is 1.35 bits per heavy atom. The van der Waals surface area contributed by atoms with Gasteiger partial charge in [-0.1, -0.05) is 0 Å². The molecule has 1 fully saturated rings. The van der Waals surface area contributed by atoms with E-state index in [0.29, 0.717) is 26.3 Å². The molecule has 0 aliphatic carbocycles. The summed E-state index contributed by atoms with van der Waals surface area (Å²) in [6, 6.07) is 1.79. The lowest BCUT2D eigenvalue weighted by molar-refractivity contribution is 0.0593. The molecule has 6 heteroatoms. The van der Waals surface area contributed by atoms with E-state index in [9.17, 15) is 8.42 Å². The summed E-state index contributed by atoms with van der Waals surface area (Å²) in [5.74, 6) is 0. The molecule has 0 aromatic rings. The van der Waals surface area contributed by atoms with Gasteiger partial charge < -0.3 is 9.64 Å². The van der Waals surface area contributed by atoms with Crippen molar-refractivity contribution in [3.05, 3.63) is 11.1 Å². The molecule has 1 rings (SSSR count). The fraction of sp³-hybridized carbons (Fsp3) is 0.727. The van der Waals surface area contributed by atoms with Crippen molar-refractivity contribution in [1.82, 2.24) is 4.90 Å². The van der Waals surface area contributed by atoms with Crippen LogP contribution in [0, 0.1) is 11.3 Å². The molecule has 17 heavy (non-hydrogen) atoms. The Morgan fingerprint density at radius 3 is 2.29 bits per heavy atom. The Labute approximate surface area is 103 Å². The Hall–Kier alpha value is -1.06. The zero-order valence-corrected chi connectivity index (χ0v) is 11.2. The van der Waals surface area contributed by atoms with E-state index in [4.69, 9.17) is 10.00 Å². The third-order valence-corrected chi connectivity index (χ3v) is 4.94. The lowest BCUT2D eigenvalue weighted by Crippen LogP contribution is -2.34. The van der Waals surface area contributed by atoms with Crippen LogP contribution in [0.3, 0.4) is 0 Å². The number of ether oxygens (including phenoxy) is 1. The minimum atomic E-state index is -3.57. The molecule has 0 spiro atoms. The molecule has 1 heterocycles. The van der Waals surface area contributed by atoms with Gasteiger partial charge in [0.15, 0.2) is 14.7 Å². The van der Waals surface area contributed by atoms with Crippen molar-refractivity contribution in [2.75, 3.05) is 26.3 Å². The maximum atomic E-state index is 12.1. The lowest BCUT2D eigenvalue weighted by atomic mass is 10.3. The van der Waals surface area contributed by atoms with E-state index in [0.717, 1.165) is 0 Å². The second kappa shape index (κ2) is 5.07. The Balaban J connectivity index is 3.00. The first-order chi connectivity index (χ1) is 7.79. The second-order valence-corrected chi connectivity index (χ2v) is 7.54. The fourth-order valence-corrected chi connectivity index (χ4v) is 2.43. The third kappa shape index (κ3) is 3.20. The summed E-state index contributed by atoms with van der Waals surface area (Å²) in [5.41, 5.74) is 0. The number of rotatable bonds is 2. The zero-order valence-electron chi connectivity index (χ0n) is 10.4. The van der Waals surface area contributed by atoms with Crippen LogP contribution in [-0.4, -0.2) is 44.4 Å². The molecule has 1 saturated heterocycles. The first kappa shape index (κ1) is 14.0. The predicted octanol–water partition coefficient (Wildman–Crippen LogP) is 0.897. The number of sulfone groups is 1. The van der Waals surface area contributed by atoms with E-state index in [1.54, 1.807) is 26.8 Å². The minimum Gasteiger partial charge on any atom is -0.378 e. The van der Waals surface area contributed by atoms with Crippen LogP contribution in [0.2, 0.25) is 0 Å². The van der Waals surface area contributed by atoms with Gasteiger partial charge >= 0.3 is 0 Å². The van der Waals surface area contributed by atoms with Gasteiger partial charge in [0.05, 0.1) is 18.0 Å². The van der Waals surface area contributed by atoms with Crippen molar-refractivity contribution in [1.29, 1.82) is 5.26 Å². The smallest absolute Gasteiger partial charge is 0.194 e. The number of morpholine rings is 1. The summed E-state index contributed by atoms with van der Waals surface area (Å²) in [5, 5.41) is 9.00. The minimum absolute atomic E-state index is 0.174. The standard InChI is InChI=1S/C11H18N2O3S/c1-11(2,3)17(14,15)10(8-12)9-13-4-6-16-7-5-13/h9H,4-7H2,1-3H3/b10-9+. The van der Waals surface area contributed by atoms with E-state index in [-0.39, 0.29) is 4.91 Å². The quantitative estimate of drug-likeness (QED) is 0.688. The number of nitriles is 1. The summed E-state index contributed by atoms with van der Waals surface area (Å²) >= 11 is 0. The molecular weight excluding hydrogens is 240 g/mol. The van der Waals surface area contributed by atoms with E-state index in [2.05, 4.69) is 0 Å². The maximum Gasteiger partial charge on any atom is 0.194 e. The molecule has 96 valence electrons. The molecule has 5 nitrogen and oxygen atoms in total. The molecule has 0 N–H and O–H groups in total. The lowest BCUT2D eigenvalue weighted by Gasteiger charge is -2.26. The van der Waals surface area contributed by atoms with Crippen molar-refractivity contribution in [2.45, 2.75) is 25.5 Å². The fourth-order valence-electron chi connectivity index (χ4n) is 1.36. The first-order valence-electron chi connectivity index (χ1n) is 5.47. The van der Waals surface area contributed by atoms with Crippen LogP contribution in [0.1, 0.15) is 20.8 Å². The van der Waals surface area contributed by atoms with Crippen LogP contribution >= 0.6 is 0 Å². The van der Waals surface area contributed by atoms with Gasteiger partial charge in [0.2, 0.25) is 0 Å². The van der Waals surface area contributed by atoms with Gasteiger partial charge in [0.1, 0.15) is 6.07 Å². The number of nitrogens with zero attached hydrogens (tertiary/aromatic N) is 2. The second-order valence-electron chi connectivity index (χ2n) is 4.87. The SMILES string of the molecule is CC(C)(C)S(=O)(=O)/C(C#N)=C/N1CCOCC1. The molecule has 1 aliphatic heterocycles. The van der Waals surface area contributed by atoms with Gasteiger partial charge in [0.25, 0.3) is 0 Å². The van der Waals surface area contributed by atoms with Crippen LogP contribution < -0.4 is 0 Å². The molecule has 0 saturated carbocycles. The Bertz CT molecular complexity index is 434. The van der Waals surface area contributed by atoms with Crippen LogP contribution in [0.5, 0.6) is 0 Å². The Kier molecular flexibility index (Phi) is 4.17. The van der Waals surface area contributed by atoms with Crippen molar-refractivity contribution >= 4 is 9.84 Å². The van der Waals surface area contributed by atoms with Crippen LogP contribution in [0.15, 0.2) is 11.1 Å². The average molecular weight is 258 g/mol. The summed E-state index contributed by atoms with van der Waals surface area (Å²) < 4.78 is 28.4. The van der Waals surface area contributed by atoms with Crippen molar-refractivity contribution in [2.24, 2.45) is 0 Å². The highest BCUT2D eigenvalue weighted by Crippen LogP contribution is 2.23. The number of hydrogen-bond donors (Lipinski definition) is 0. The van der Waals surface area contributed by atoms with E-state index in [1.807, 2.05) is 4.90 Å². The van der Waals surface area contributed by atoms with Gasteiger partial charge in [0, 0.05) is 19.3 Å². The maximum absolute atomic E-state index is 12.1. The monoisotopic (exact) mass is 258 g/mol. The van der Waals surface area contributed by atoms with Gasteiger partial charge in [-0.05, 0) is 20.8 Å². The number of hydrogen-bond acceptors (Lipinski definition) is 5. The molecule has 0 unspecified atom stereocenters. The van der Waals surface area contributed by atoms with Crippen LogP contribution in [-0.2, 0) is 14.6 Å². The molecule has 0 aromatic carbocycles. The van der Waals surface area contributed by atoms with Gasteiger partial charge in [-0.2, -0.15) is 5.26 Å².